The Hall–Kier alpha value is -0.970. The number of nitrogens with zero attached hydrogens (tertiary/aromatic N) is 1. The number of hydrogen-bond donors (Lipinski definition) is 2. The highest BCUT2D eigenvalue weighted by molar-refractivity contribution is 5.26. The molecule has 0 heterocycles. The first kappa shape index (κ1) is 14.1. The van der Waals surface area contributed by atoms with Crippen LogP contribution in [0, 0.1) is 12.7 Å². The molecule has 0 spiro atoms. The number of aliphatic hydroxyl groups excluding tert-OH is 1. The maximum Gasteiger partial charge on any atom is 0.129 e. The molecule has 96 valence electrons. The van der Waals surface area contributed by atoms with Gasteiger partial charge in [-0.15, -0.1) is 0 Å². The summed E-state index contributed by atoms with van der Waals surface area (Å²) < 4.78 is 13.6. The Morgan fingerprint density at radius 2 is 2.06 bits per heavy atom. The van der Waals surface area contributed by atoms with Crippen LogP contribution in [-0.4, -0.2) is 36.7 Å². The molecule has 0 aliphatic rings. The third kappa shape index (κ3) is 4.07. The third-order valence-corrected chi connectivity index (χ3v) is 2.79. The number of nitrogens with two attached hydrogens (primary N) is 1. The van der Waals surface area contributed by atoms with Gasteiger partial charge in [-0.05, 0) is 45.6 Å². The fourth-order valence-electron chi connectivity index (χ4n) is 1.67. The summed E-state index contributed by atoms with van der Waals surface area (Å²) in [6.07, 6.45) is -0.322. The lowest BCUT2D eigenvalue weighted by atomic mass is 9.99. The summed E-state index contributed by atoms with van der Waals surface area (Å²) in [4.78, 5) is 1.98. The molecule has 4 heteroatoms. The fourth-order valence-corrected chi connectivity index (χ4v) is 1.67. The minimum absolute atomic E-state index is 0.279. The van der Waals surface area contributed by atoms with Crippen LogP contribution in [0.2, 0.25) is 0 Å². The molecule has 3 N–H and O–H groups in total. The maximum atomic E-state index is 13.6. The van der Waals surface area contributed by atoms with Crippen LogP contribution in [0.25, 0.3) is 0 Å². The van der Waals surface area contributed by atoms with Crippen LogP contribution in [0.15, 0.2) is 18.2 Å². The molecule has 0 amide bonds. The van der Waals surface area contributed by atoms with Crippen LogP contribution in [0.1, 0.15) is 23.7 Å². The molecule has 1 rings (SSSR count). The van der Waals surface area contributed by atoms with Crippen LogP contribution in [-0.2, 0) is 0 Å². The summed E-state index contributed by atoms with van der Waals surface area (Å²) in [5, 5.41) is 9.99. The first-order chi connectivity index (χ1) is 7.91. The average molecular weight is 240 g/mol. The molecule has 0 saturated heterocycles. The van der Waals surface area contributed by atoms with Crippen molar-refractivity contribution >= 4 is 0 Å². The standard InChI is InChI=1S/C13H21FN2O/c1-9-4-5-10(11(14)8-9)13(17)12(15)6-7-16(2)3/h4-5,8,12-13,17H,6-7,15H2,1-3H3. The number of aryl methyl sites for hydroxylation is 1. The van der Waals surface area contributed by atoms with Crippen molar-refractivity contribution in [1.82, 2.24) is 4.90 Å². The van der Waals surface area contributed by atoms with Crippen LogP contribution in [0.4, 0.5) is 4.39 Å². The van der Waals surface area contributed by atoms with Gasteiger partial charge >= 0.3 is 0 Å². The first-order valence-corrected chi connectivity index (χ1v) is 5.76. The number of aliphatic hydroxyl groups is 1. The smallest absolute Gasteiger partial charge is 0.129 e. The average Bonchev–Trinajstić information content (AvgIpc) is 2.25. The summed E-state index contributed by atoms with van der Waals surface area (Å²) in [6, 6.07) is 4.34. The second-order valence-electron chi connectivity index (χ2n) is 4.73. The van der Waals surface area contributed by atoms with Crippen molar-refractivity contribution in [3.8, 4) is 0 Å². The van der Waals surface area contributed by atoms with Gasteiger partial charge in [0.15, 0.2) is 0 Å². The predicted octanol–water partition coefficient (Wildman–Crippen LogP) is 1.45. The number of halogens is 1. The fraction of sp³-hybridized carbons (Fsp3) is 0.538. The number of hydrogen-bond acceptors (Lipinski definition) is 3. The summed E-state index contributed by atoms with van der Waals surface area (Å²) in [6.45, 7) is 2.58. The first-order valence-electron chi connectivity index (χ1n) is 5.76. The summed E-state index contributed by atoms with van der Waals surface area (Å²) >= 11 is 0. The van der Waals surface area contributed by atoms with E-state index in [0.29, 0.717) is 6.42 Å². The number of rotatable bonds is 5. The van der Waals surface area contributed by atoms with E-state index in [1.807, 2.05) is 25.9 Å². The lowest BCUT2D eigenvalue weighted by molar-refractivity contribution is 0.133. The molecule has 0 radical (unpaired) electrons. The molecule has 3 nitrogen and oxygen atoms in total. The van der Waals surface area contributed by atoms with Gasteiger partial charge in [-0.2, -0.15) is 0 Å². The minimum atomic E-state index is -0.949. The Labute approximate surface area is 102 Å². The Balaban J connectivity index is 2.71. The van der Waals surface area contributed by atoms with Crippen LogP contribution in [0.3, 0.4) is 0 Å². The van der Waals surface area contributed by atoms with Gasteiger partial charge in [-0.3, -0.25) is 0 Å². The summed E-state index contributed by atoms with van der Waals surface area (Å²) in [5.41, 5.74) is 6.97. The maximum absolute atomic E-state index is 13.6. The van der Waals surface area contributed by atoms with Gasteiger partial charge in [0.25, 0.3) is 0 Å². The zero-order valence-corrected chi connectivity index (χ0v) is 10.7. The topological polar surface area (TPSA) is 49.5 Å². The molecule has 0 aliphatic carbocycles. The van der Waals surface area contributed by atoms with Crippen molar-refractivity contribution in [2.75, 3.05) is 20.6 Å². The van der Waals surface area contributed by atoms with Crippen molar-refractivity contribution < 1.29 is 9.50 Å². The normalized spacial score (nSPS) is 15.0. The molecule has 2 atom stereocenters. The highest BCUT2D eigenvalue weighted by Crippen LogP contribution is 2.21. The van der Waals surface area contributed by atoms with Gasteiger partial charge in [0.1, 0.15) is 5.82 Å². The van der Waals surface area contributed by atoms with E-state index in [1.54, 1.807) is 12.1 Å². The number of benzene rings is 1. The lowest BCUT2D eigenvalue weighted by Crippen LogP contribution is -2.32. The van der Waals surface area contributed by atoms with E-state index in [-0.39, 0.29) is 5.56 Å². The van der Waals surface area contributed by atoms with Crippen LogP contribution >= 0.6 is 0 Å². The quantitative estimate of drug-likeness (QED) is 0.819. The highest BCUT2D eigenvalue weighted by Gasteiger charge is 2.20. The van der Waals surface area contributed by atoms with E-state index in [1.165, 1.54) is 6.07 Å². The van der Waals surface area contributed by atoms with Crippen LogP contribution in [0.5, 0.6) is 0 Å². The highest BCUT2D eigenvalue weighted by atomic mass is 19.1. The van der Waals surface area contributed by atoms with Crippen molar-refractivity contribution in [2.45, 2.75) is 25.5 Å². The summed E-state index contributed by atoms with van der Waals surface area (Å²) in [5.74, 6) is -0.391. The van der Waals surface area contributed by atoms with Gasteiger partial charge < -0.3 is 15.7 Å². The Morgan fingerprint density at radius 3 is 2.59 bits per heavy atom. The van der Waals surface area contributed by atoms with Gasteiger partial charge in [0.05, 0.1) is 6.10 Å². The zero-order chi connectivity index (χ0) is 13.0. The molecule has 17 heavy (non-hydrogen) atoms. The second-order valence-corrected chi connectivity index (χ2v) is 4.73. The third-order valence-electron chi connectivity index (χ3n) is 2.79. The van der Waals surface area contributed by atoms with Gasteiger partial charge in [0.2, 0.25) is 0 Å². The van der Waals surface area contributed by atoms with E-state index in [0.717, 1.165) is 12.1 Å². The van der Waals surface area contributed by atoms with E-state index >= 15 is 0 Å². The van der Waals surface area contributed by atoms with E-state index in [2.05, 4.69) is 0 Å². The lowest BCUT2D eigenvalue weighted by Gasteiger charge is -2.21. The Bertz CT molecular complexity index is 368. The molecule has 0 aliphatic heterocycles. The van der Waals surface area contributed by atoms with Crippen molar-refractivity contribution in [3.63, 3.8) is 0 Å². The van der Waals surface area contributed by atoms with Crippen molar-refractivity contribution in [1.29, 1.82) is 0 Å². The van der Waals surface area contributed by atoms with Crippen molar-refractivity contribution in [3.05, 3.63) is 35.1 Å². The van der Waals surface area contributed by atoms with E-state index in [9.17, 15) is 9.50 Å². The molecular weight excluding hydrogens is 219 g/mol. The molecule has 0 aromatic heterocycles. The van der Waals surface area contributed by atoms with Crippen LogP contribution < -0.4 is 5.73 Å². The zero-order valence-electron chi connectivity index (χ0n) is 10.7. The molecule has 0 fully saturated rings. The molecule has 2 unspecified atom stereocenters. The monoisotopic (exact) mass is 240 g/mol. The largest absolute Gasteiger partial charge is 0.387 e. The van der Waals surface area contributed by atoms with E-state index < -0.39 is 18.0 Å². The van der Waals surface area contributed by atoms with Gasteiger partial charge in [0, 0.05) is 11.6 Å². The second kappa shape index (κ2) is 6.10. The molecule has 1 aromatic rings. The van der Waals surface area contributed by atoms with Gasteiger partial charge in [-0.25, -0.2) is 4.39 Å². The molecule has 0 saturated carbocycles. The van der Waals surface area contributed by atoms with Crippen molar-refractivity contribution in [2.24, 2.45) is 5.73 Å². The predicted molar refractivity (Wildman–Crippen MR) is 67.2 cm³/mol. The van der Waals surface area contributed by atoms with E-state index in [4.69, 9.17) is 5.73 Å². The molecular formula is C13H21FN2O. The Morgan fingerprint density at radius 1 is 1.41 bits per heavy atom. The minimum Gasteiger partial charge on any atom is -0.387 e. The Kier molecular flexibility index (Phi) is 5.05. The van der Waals surface area contributed by atoms with Gasteiger partial charge in [-0.1, -0.05) is 12.1 Å². The molecule has 0 bridgehead atoms. The molecule has 1 aromatic carbocycles. The summed E-state index contributed by atoms with van der Waals surface area (Å²) in [7, 11) is 3.87. The SMILES string of the molecule is Cc1ccc(C(O)C(N)CCN(C)C)c(F)c1.